The number of carbonyl (C=O) groups excluding carboxylic acids is 1. The van der Waals surface area contributed by atoms with E-state index in [2.05, 4.69) is 10.5 Å². The topological polar surface area (TPSA) is 63.5 Å². The van der Waals surface area contributed by atoms with Crippen LogP contribution >= 0.6 is 11.3 Å². The van der Waals surface area contributed by atoms with Crippen LogP contribution in [0.15, 0.2) is 45.7 Å². The van der Waals surface area contributed by atoms with Crippen molar-refractivity contribution in [3.05, 3.63) is 56.6 Å². The lowest BCUT2D eigenvalue weighted by molar-refractivity contribution is 0.0953. The van der Waals surface area contributed by atoms with Gasteiger partial charge in [0.1, 0.15) is 5.56 Å². The average Bonchev–Trinajstić information content (AvgIpc) is 2.91. The molecular formula is C14H15N3O2S. The molecule has 20 heavy (non-hydrogen) atoms. The standard InChI is InChI=1S/C14H15N3O2S/c1-10(2)17-7-3-6-12(14(17)19)13(18)16-15-9-11-5-4-8-20-11/h3-10H,1-2H3,(H,16,18)/b15-9-. The van der Waals surface area contributed by atoms with Gasteiger partial charge in [-0.25, -0.2) is 5.43 Å². The maximum Gasteiger partial charge on any atom is 0.276 e. The summed E-state index contributed by atoms with van der Waals surface area (Å²) in [5.41, 5.74) is 2.14. The van der Waals surface area contributed by atoms with Crippen LogP contribution in [0.1, 0.15) is 35.1 Å². The third-order valence-corrected chi connectivity index (χ3v) is 3.48. The second kappa shape index (κ2) is 6.29. The summed E-state index contributed by atoms with van der Waals surface area (Å²) in [5, 5.41) is 5.76. The minimum atomic E-state index is -0.502. The summed E-state index contributed by atoms with van der Waals surface area (Å²) >= 11 is 1.51. The van der Waals surface area contributed by atoms with Crippen LogP contribution in [0.25, 0.3) is 0 Å². The summed E-state index contributed by atoms with van der Waals surface area (Å²) in [4.78, 5) is 25.0. The van der Waals surface area contributed by atoms with E-state index in [1.807, 2.05) is 31.4 Å². The molecule has 0 aliphatic heterocycles. The molecule has 0 aliphatic rings. The summed E-state index contributed by atoms with van der Waals surface area (Å²) in [6.45, 7) is 3.77. The number of hydrazone groups is 1. The molecule has 2 rings (SSSR count). The van der Waals surface area contributed by atoms with Crippen molar-refractivity contribution in [1.82, 2.24) is 9.99 Å². The van der Waals surface area contributed by atoms with Crippen LogP contribution in [0.2, 0.25) is 0 Å². The molecule has 1 N–H and O–H groups in total. The number of carbonyl (C=O) groups is 1. The number of pyridine rings is 1. The van der Waals surface area contributed by atoms with E-state index in [0.717, 1.165) is 4.88 Å². The first-order valence-electron chi connectivity index (χ1n) is 6.17. The van der Waals surface area contributed by atoms with Gasteiger partial charge in [-0.05, 0) is 37.4 Å². The highest BCUT2D eigenvalue weighted by Gasteiger charge is 2.12. The smallest absolute Gasteiger partial charge is 0.276 e. The van der Waals surface area contributed by atoms with E-state index in [9.17, 15) is 9.59 Å². The van der Waals surface area contributed by atoms with Gasteiger partial charge in [0.15, 0.2) is 0 Å². The Morgan fingerprint density at radius 2 is 2.20 bits per heavy atom. The van der Waals surface area contributed by atoms with E-state index in [4.69, 9.17) is 0 Å². The zero-order valence-electron chi connectivity index (χ0n) is 11.2. The molecule has 6 heteroatoms. The van der Waals surface area contributed by atoms with Gasteiger partial charge in [-0.2, -0.15) is 5.10 Å². The van der Waals surface area contributed by atoms with Gasteiger partial charge >= 0.3 is 0 Å². The van der Waals surface area contributed by atoms with Crippen molar-refractivity contribution in [2.45, 2.75) is 19.9 Å². The predicted octanol–water partition coefficient (Wildman–Crippen LogP) is 2.25. The Balaban J connectivity index is 2.14. The maximum atomic E-state index is 12.1. The van der Waals surface area contributed by atoms with Gasteiger partial charge in [0.2, 0.25) is 0 Å². The molecule has 5 nitrogen and oxygen atoms in total. The molecule has 0 spiro atoms. The van der Waals surface area contributed by atoms with Gasteiger partial charge in [0.05, 0.1) is 6.21 Å². The fourth-order valence-corrected chi connectivity index (χ4v) is 2.25. The van der Waals surface area contributed by atoms with E-state index in [0.29, 0.717) is 0 Å². The first-order chi connectivity index (χ1) is 9.59. The number of nitrogens with one attached hydrogen (secondary N) is 1. The molecule has 0 fully saturated rings. The van der Waals surface area contributed by atoms with E-state index in [1.54, 1.807) is 18.5 Å². The highest BCUT2D eigenvalue weighted by Crippen LogP contribution is 2.04. The van der Waals surface area contributed by atoms with Crippen molar-refractivity contribution < 1.29 is 4.79 Å². The van der Waals surface area contributed by atoms with Crippen LogP contribution in [-0.2, 0) is 0 Å². The molecule has 2 aromatic heterocycles. The number of hydrogen-bond donors (Lipinski definition) is 1. The van der Waals surface area contributed by atoms with Crippen molar-refractivity contribution in [3.63, 3.8) is 0 Å². The van der Waals surface area contributed by atoms with Crippen molar-refractivity contribution in [2.24, 2.45) is 5.10 Å². The summed E-state index contributed by atoms with van der Waals surface area (Å²) in [7, 11) is 0. The number of rotatable bonds is 4. The van der Waals surface area contributed by atoms with Crippen molar-refractivity contribution in [3.8, 4) is 0 Å². The van der Waals surface area contributed by atoms with E-state index < -0.39 is 5.91 Å². The lowest BCUT2D eigenvalue weighted by Gasteiger charge is -2.10. The van der Waals surface area contributed by atoms with E-state index in [1.165, 1.54) is 22.0 Å². The van der Waals surface area contributed by atoms with E-state index in [-0.39, 0.29) is 17.2 Å². The molecule has 0 unspecified atom stereocenters. The predicted molar refractivity (Wildman–Crippen MR) is 80.5 cm³/mol. The molecule has 0 saturated carbocycles. The number of thiophene rings is 1. The lowest BCUT2D eigenvalue weighted by atomic mass is 10.2. The largest absolute Gasteiger partial charge is 0.312 e. The summed E-state index contributed by atoms with van der Waals surface area (Å²) in [5.74, 6) is -0.502. The highest BCUT2D eigenvalue weighted by atomic mass is 32.1. The van der Waals surface area contributed by atoms with Gasteiger partial charge in [-0.1, -0.05) is 6.07 Å². The highest BCUT2D eigenvalue weighted by molar-refractivity contribution is 7.11. The third-order valence-electron chi connectivity index (χ3n) is 2.68. The van der Waals surface area contributed by atoms with Crippen LogP contribution in [0.5, 0.6) is 0 Å². The zero-order valence-corrected chi connectivity index (χ0v) is 12.1. The van der Waals surface area contributed by atoms with Crippen molar-refractivity contribution in [2.75, 3.05) is 0 Å². The van der Waals surface area contributed by atoms with E-state index >= 15 is 0 Å². The molecule has 0 aliphatic carbocycles. The average molecular weight is 289 g/mol. The van der Waals surface area contributed by atoms with Gasteiger partial charge in [-0.15, -0.1) is 11.3 Å². The minimum absolute atomic E-state index is 0.00451. The van der Waals surface area contributed by atoms with Gasteiger partial charge < -0.3 is 4.57 Å². The Bertz CT molecular complexity index is 672. The van der Waals surface area contributed by atoms with Crippen molar-refractivity contribution in [1.29, 1.82) is 0 Å². The molecule has 0 aromatic carbocycles. The summed E-state index contributed by atoms with van der Waals surface area (Å²) in [6.07, 6.45) is 3.21. The third kappa shape index (κ3) is 3.21. The first-order valence-corrected chi connectivity index (χ1v) is 7.05. The van der Waals surface area contributed by atoms with Crippen LogP contribution in [0.3, 0.4) is 0 Å². The van der Waals surface area contributed by atoms with Gasteiger partial charge in [0, 0.05) is 17.1 Å². The molecule has 0 radical (unpaired) electrons. The second-order valence-electron chi connectivity index (χ2n) is 4.44. The fourth-order valence-electron chi connectivity index (χ4n) is 1.67. The minimum Gasteiger partial charge on any atom is -0.312 e. The molecule has 2 aromatic rings. The Kier molecular flexibility index (Phi) is 4.47. The molecule has 0 saturated heterocycles. The van der Waals surface area contributed by atoms with Crippen molar-refractivity contribution >= 4 is 23.5 Å². The number of amides is 1. The normalized spacial score (nSPS) is 11.2. The number of hydrogen-bond acceptors (Lipinski definition) is 4. The van der Waals surface area contributed by atoms with Crippen LogP contribution in [0, 0.1) is 0 Å². The summed E-state index contributed by atoms with van der Waals surface area (Å²) in [6, 6.07) is 6.96. The monoisotopic (exact) mass is 289 g/mol. The molecule has 2 heterocycles. The Hall–Kier alpha value is -2.21. The Morgan fingerprint density at radius 3 is 2.85 bits per heavy atom. The maximum absolute atomic E-state index is 12.1. The Morgan fingerprint density at radius 1 is 1.40 bits per heavy atom. The SMILES string of the molecule is CC(C)n1cccc(C(=O)N/N=C\c2cccs2)c1=O. The molecule has 104 valence electrons. The molecular weight excluding hydrogens is 274 g/mol. The Labute approximate surface area is 120 Å². The molecule has 0 bridgehead atoms. The molecule has 0 atom stereocenters. The quantitative estimate of drug-likeness (QED) is 0.693. The molecule has 1 amide bonds. The second-order valence-corrected chi connectivity index (χ2v) is 5.42. The number of nitrogens with zero attached hydrogens (tertiary/aromatic N) is 2. The zero-order chi connectivity index (χ0) is 14.5. The van der Waals surface area contributed by atoms with Crippen LogP contribution in [0.4, 0.5) is 0 Å². The fraction of sp³-hybridized carbons (Fsp3) is 0.214. The van der Waals surface area contributed by atoms with Gasteiger partial charge in [0.25, 0.3) is 11.5 Å². The van der Waals surface area contributed by atoms with Crippen LogP contribution in [-0.4, -0.2) is 16.7 Å². The number of aromatic nitrogens is 1. The first kappa shape index (κ1) is 14.2. The lowest BCUT2D eigenvalue weighted by Crippen LogP contribution is -2.31. The van der Waals surface area contributed by atoms with Gasteiger partial charge in [-0.3, -0.25) is 9.59 Å². The summed E-state index contributed by atoms with van der Waals surface area (Å²) < 4.78 is 1.51. The van der Waals surface area contributed by atoms with Crippen LogP contribution < -0.4 is 11.0 Å².